The lowest BCUT2D eigenvalue weighted by atomic mass is 10.00. The van der Waals surface area contributed by atoms with Gasteiger partial charge in [0.2, 0.25) is 5.43 Å². The second-order valence-corrected chi connectivity index (χ2v) is 4.65. The number of azide groups is 1. The molecule has 0 aliphatic rings. The number of aldehydes is 1. The normalized spacial score (nSPS) is 13.4. The summed E-state index contributed by atoms with van der Waals surface area (Å²) >= 11 is 0. The van der Waals surface area contributed by atoms with E-state index in [1.54, 1.807) is 0 Å². The van der Waals surface area contributed by atoms with Crippen LogP contribution in [0.25, 0.3) is 21.4 Å². The van der Waals surface area contributed by atoms with Crippen molar-refractivity contribution in [2.75, 3.05) is 6.54 Å². The van der Waals surface area contributed by atoms with Gasteiger partial charge in [-0.25, -0.2) is 0 Å². The highest BCUT2D eigenvalue weighted by molar-refractivity contribution is 5.84. The van der Waals surface area contributed by atoms with Crippen LogP contribution in [0.2, 0.25) is 0 Å². The Balaban J connectivity index is 2.35. The molecule has 2 aromatic rings. The van der Waals surface area contributed by atoms with Crippen molar-refractivity contribution in [1.29, 1.82) is 0 Å². The minimum absolute atomic E-state index is 0.0414. The summed E-state index contributed by atoms with van der Waals surface area (Å²) in [6.45, 7) is 0.0414. The first-order valence-corrected chi connectivity index (χ1v) is 6.46. The molecule has 8 heteroatoms. The minimum atomic E-state index is -1.25. The molecule has 1 aromatic carbocycles. The third-order valence-electron chi connectivity index (χ3n) is 3.24. The van der Waals surface area contributed by atoms with Gasteiger partial charge in [0.25, 0.3) is 0 Å². The van der Waals surface area contributed by atoms with Gasteiger partial charge in [-0.3, -0.25) is 9.59 Å². The molecule has 114 valence electrons. The summed E-state index contributed by atoms with van der Waals surface area (Å²) in [5, 5.41) is 23.3. The van der Waals surface area contributed by atoms with Crippen LogP contribution in [0, 0.1) is 0 Å². The first-order valence-electron chi connectivity index (χ1n) is 6.46. The Bertz CT molecular complexity index is 795. The maximum atomic E-state index is 12.0. The average molecular weight is 303 g/mol. The van der Waals surface area contributed by atoms with Crippen molar-refractivity contribution < 1.29 is 19.4 Å². The van der Waals surface area contributed by atoms with Gasteiger partial charge in [0.1, 0.15) is 18.0 Å². The first-order chi connectivity index (χ1) is 10.6. The van der Waals surface area contributed by atoms with Crippen molar-refractivity contribution in [1.82, 2.24) is 0 Å². The van der Waals surface area contributed by atoms with Crippen LogP contribution in [-0.4, -0.2) is 29.1 Å². The molecule has 8 nitrogen and oxygen atoms in total. The predicted octanol–water partition coefficient (Wildman–Crippen LogP) is 1.70. The van der Waals surface area contributed by atoms with Crippen LogP contribution < -0.4 is 5.43 Å². The lowest BCUT2D eigenvalue weighted by molar-refractivity contribution is 0.0151. The molecular weight excluding hydrogens is 290 g/mol. The van der Waals surface area contributed by atoms with Crippen LogP contribution in [0.4, 0.5) is 0 Å². The van der Waals surface area contributed by atoms with E-state index in [4.69, 9.17) is 9.95 Å². The van der Waals surface area contributed by atoms with Gasteiger partial charge < -0.3 is 14.6 Å². The molecule has 22 heavy (non-hydrogen) atoms. The quantitative estimate of drug-likeness (QED) is 0.362. The van der Waals surface area contributed by atoms with Gasteiger partial charge in [-0.15, -0.1) is 0 Å². The zero-order valence-electron chi connectivity index (χ0n) is 11.4. The summed E-state index contributed by atoms with van der Waals surface area (Å²) in [6, 6.07) is 4.35. The summed E-state index contributed by atoms with van der Waals surface area (Å²) in [5.41, 5.74) is 8.12. The van der Waals surface area contributed by atoms with Crippen LogP contribution in [0.15, 0.2) is 38.8 Å². The molecule has 1 aromatic heterocycles. The smallest absolute Gasteiger partial charge is 0.203 e. The Morgan fingerprint density at radius 2 is 2.18 bits per heavy atom. The van der Waals surface area contributed by atoms with E-state index >= 15 is 0 Å². The average Bonchev–Trinajstić information content (AvgIpc) is 2.54. The van der Waals surface area contributed by atoms with Gasteiger partial charge in [-0.1, -0.05) is 11.2 Å². The van der Waals surface area contributed by atoms with Crippen LogP contribution >= 0.6 is 0 Å². The Hall–Kier alpha value is -2.67. The first kappa shape index (κ1) is 15.7. The number of nitrogens with zero attached hydrogens (tertiary/aromatic N) is 3. The number of hydrogen-bond donors (Lipinski definition) is 2. The Labute approximate surface area is 124 Å². The lowest BCUT2D eigenvalue weighted by Crippen LogP contribution is -2.19. The number of fused-ring (bicyclic) bond motifs is 1. The number of aliphatic hydroxyl groups is 2. The number of carbonyl (C=O) groups excluding carboxylic acids is 1. The molecule has 0 aliphatic carbocycles. The van der Waals surface area contributed by atoms with E-state index in [2.05, 4.69) is 10.0 Å². The third-order valence-corrected chi connectivity index (χ3v) is 3.24. The summed E-state index contributed by atoms with van der Waals surface area (Å²) < 4.78 is 5.16. The molecule has 0 bridgehead atoms. The number of aliphatic hydroxyl groups excluding tert-OH is 2. The van der Waals surface area contributed by atoms with E-state index in [1.165, 1.54) is 18.2 Å². The second kappa shape index (κ2) is 6.86. The Kier molecular flexibility index (Phi) is 4.90. The molecule has 0 radical (unpaired) electrons. The number of benzene rings is 1. The van der Waals surface area contributed by atoms with E-state index in [-0.39, 0.29) is 29.5 Å². The second-order valence-electron chi connectivity index (χ2n) is 4.65. The highest BCUT2D eigenvalue weighted by atomic mass is 16.3. The summed E-state index contributed by atoms with van der Waals surface area (Å²) in [4.78, 5) is 25.3. The molecular formula is C14H13N3O5. The summed E-state index contributed by atoms with van der Waals surface area (Å²) in [6.07, 6.45) is -0.862. The van der Waals surface area contributed by atoms with E-state index < -0.39 is 17.6 Å². The van der Waals surface area contributed by atoms with E-state index in [0.717, 1.165) is 6.26 Å². The third kappa shape index (κ3) is 3.15. The number of carbonyl (C=O) groups is 1. The highest BCUT2D eigenvalue weighted by Gasteiger charge is 2.19. The molecule has 2 rings (SSSR count). The highest BCUT2D eigenvalue weighted by Crippen LogP contribution is 2.22. The topological polar surface area (TPSA) is 136 Å². The molecule has 0 aliphatic heterocycles. The zero-order valence-corrected chi connectivity index (χ0v) is 11.4. The molecule has 0 amide bonds. The van der Waals surface area contributed by atoms with Gasteiger partial charge in [-0.2, -0.15) is 0 Å². The zero-order chi connectivity index (χ0) is 16.1. The van der Waals surface area contributed by atoms with Crippen molar-refractivity contribution in [3.8, 4) is 0 Å². The van der Waals surface area contributed by atoms with Gasteiger partial charge >= 0.3 is 0 Å². The SMILES string of the molecule is [N-]=[N+]=NCCC(O)C(O)c1ccc2occ(C=O)c(=O)c2c1. The minimum Gasteiger partial charge on any atom is -0.463 e. The summed E-state index contributed by atoms with van der Waals surface area (Å²) in [7, 11) is 0. The van der Waals surface area contributed by atoms with Crippen LogP contribution in [0.5, 0.6) is 0 Å². The van der Waals surface area contributed by atoms with Crippen LogP contribution in [0.1, 0.15) is 28.4 Å². The van der Waals surface area contributed by atoms with E-state index in [9.17, 15) is 19.8 Å². The standard InChI is InChI=1S/C14H13N3O5/c15-17-16-4-3-11(19)14(21)8-1-2-12-10(5-8)13(20)9(6-18)7-22-12/h1-2,5-7,11,14,19,21H,3-4H2. The monoisotopic (exact) mass is 303 g/mol. The molecule has 0 saturated heterocycles. The maximum Gasteiger partial charge on any atom is 0.203 e. The van der Waals surface area contributed by atoms with Crippen molar-refractivity contribution >= 4 is 17.3 Å². The Morgan fingerprint density at radius 1 is 1.41 bits per heavy atom. The molecule has 0 fully saturated rings. The van der Waals surface area contributed by atoms with E-state index in [1.807, 2.05) is 0 Å². The molecule has 2 N–H and O–H groups in total. The Morgan fingerprint density at radius 3 is 2.86 bits per heavy atom. The van der Waals surface area contributed by atoms with Gasteiger partial charge in [0.05, 0.1) is 17.1 Å². The summed E-state index contributed by atoms with van der Waals surface area (Å²) in [5.74, 6) is 0. The number of hydrogen-bond acceptors (Lipinski definition) is 6. The van der Waals surface area contributed by atoms with Gasteiger partial charge in [0.15, 0.2) is 6.29 Å². The fraction of sp³-hybridized carbons (Fsp3) is 0.286. The van der Waals surface area contributed by atoms with Crippen molar-refractivity contribution in [2.24, 2.45) is 5.11 Å². The fourth-order valence-electron chi connectivity index (χ4n) is 2.04. The van der Waals surface area contributed by atoms with Crippen LogP contribution in [0.3, 0.4) is 0 Å². The van der Waals surface area contributed by atoms with Gasteiger partial charge in [-0.05, 0) is 29.6 Å². The fourth-order valence-corrected chi connectivity index (χ4v) is 2.04. The van der Waals surface area contributed by atoms with Crippen molar-refractivity contribution in [3.63, 3.8) is 0 Å². The molecule has 0 spiro atoms. The molecule has 2 atom stereocenters. The van der Waals surface area contributed by atoms with Crippen molar-refractivity contribution in [2.45, 2.75) is 18.6 Å². The largest absolute Gasteiger partial charge is 0.463 e. The van der Waals surface area contributed by atoms with E-state index in [0.29, 0.717) is 11.8 Å². The number of rotatable bonds is 6. The van der Waals surface area contributed by atoms with Gasteiger partial charge in [0, 0.05) is 11.5 Å². The molecule has 0 saturated carbocycles. The van der Waals surface area contributed by atoms with Crippen molar-refractivity contribution in [3.05, 3.63) is 56.3 Å². The lowest BCUT2D eigenvalue weighted by Gasteiger charge is -2.17. The predicted molar refractivity (Wildman–Crippen MR) is 77.5 cm³/mol. The van der Waals surface area contributed by atoms with Crippen LogP contribution in [-0.2, 0) is 0 Å². The molecule has 1 heterocycles. The molecule has 2 unspecified atom stereocenters. The maximum absolute atomic E-state index is 12.0.